The number of amides is 3. The molecular weight excluding hydrogens is 344 g/mol. The number of methoxy groups -OCH3 is 1. The van der Waals surface area contributed by atoms with Crippen LogP contribution in [0, 0.1) is 0 Å². The van der Waals surface area contributed by atoms with Crippen molar-refractivity contribution in [2.24, 2.45) is 0 Å². The number of urea groups is 1. The summed E-state index contributed by atoms with van der Waals surface area (Å²) in [6.07, 6.45) is 0.648. The number of hydrogen-bond donors (Lipinski definition) is 1. The van der Waals surface area contributed by atoms with Crippen molar-refractivity contribution in [2.45, 2.75) is 18.5 Å². The molecule has 0 aliphatic carbocycles. The van der Waals surface area contributed by atoms with E-state index in [0.29, 0.717) is 29.3 Å². The minimum absolute atomic E-state index is 0.0424. The van der Waals surface area contributed by atoms with E-state index in [1.165, 1.54) is 0 Å². The molecule has 1 N–H and O–H groups in total. The van der Waals surface area contributed by atoms with Crippen LogP contribution in [0.2, 0.25) is 0 Å². The van der Waals surface area contributed by atoms with Crippen LogP contribution in [-0.4, -0.2) is 51.1 Å². The molecular formula is C16H16N4O4S. The van der Waals surface area contributed by atoms with Gasteiger partial charge in [0.15, 0.2) is 0 Å². The number of ether oxygens (including phenoxy) is 1. The van der Waals surface area contributed by atoms with Gasteiger partial charge in [0.1, 0.15) is 17.8 Å². The second-order valence-electron chi connectivity index (χ2n) is 5.92. The summed E-state index contributed by atoms with van der Waals surface area (Å²) in [4.78, 5) is 30.3. The van der Waals surface area contributed by atoms with E-state index in [-0.39, 0.29) is 18.3 Å². The van der Waals surface area contributed by atoms with Gasteiger partial charge in [0, 0.05) is 5.75 Å². The molecule has 130 valence electrons. The quantitative estimate of drug-likeness (QED) is 0.828. The summed E-state index contributed by atoms with van der Waals surface area (Å²) in [6, 6.07) is 6.88. The molecule has 1 aromatic heterocycles. The molecule has 25 heavy (non-hydrogen) atoms. The Balaban J connectivity index is 1.55. The van der Waals surface area contributed by atoms with Gasteiger partial charge in [-0.15, -0.1) is 0 Å². The van der Waals surface area contributed by atoms with Gasteiger partial charge in [-0.05, 0) is 24.3 Å². The third-order valence-corrected chi connectivity index (χ3v) is 5.57. The van der Waals surface area contributed by atoms with Gasteiger partial charge < -0.3 is 14.6 Å². The van der Waals surface area contributed by atoms with Crippen LogP contribution in [0.25, 0.3) is 11.4 Å². The maximum absolute atomic E-state index is 12.6. The van der Waals surface area contributed by atoms with Gasteiger partial charge in [-0.3, -0.25) is 9.69 Å². The summed E-state index contributed by atoms with van der Waals surface area (Å²) < 4.78 is 10.5. The topological polar surface area (TPSA) is 97.6 Å². The summed E-state index contributed by atoms with van der Waals surface area (Å²) in [5.41, 5.74) is -0.0892. The first-order chi connectivity index (χ1) is 12.1. The Morgan fingerprint density at radius 2 is 2.24 bits per heavy atom. The second-order valence-corrected chi connectivity index (χ2v) is 7.02. The average molecular weight is 360 g/mol. The highest BCUT2D eigenvalue weighted by molar-refractivity contribution is 7.99. The number of carbonyl (C=O) groups excluding carboxylic acids is 2. The fourth-order valence-corrected chi connectivity index (χ4v) is 4.37. The first kappa shape index (κ1) is 15.9. The number of nitrogens with zero attached hydrogens (tertiary/aromatic N) is 3. The number of aromatic nitrogens is 2. The second kappa shape index (κ2) is 6.07. The highest BCUT2D eigenvalue weighted by Gasteiger charge is 2.53. The number of thioether (sulfide) groups is 1. The average Bonchev–Trinajstić information content (AvgIpc) is 3.33. The Kier molecular flexibility index (Phi) is 3.87. The zero-order valence-electron chi connectivity index (χ0n) is 13.5. The van der Waals surface area contributed by atoms with Crippen molar-refractivity contribution < 1.29 is 18.8 Å². The van der Waals surface area contributed by atoms with Crippen LogP contribution in [0.3, 0.4) is 0 Å². The molecule has 3 heterocycles. The third kappa shape index (κ3) is 2.64. The molecule has 2 aromatic rings. The lowest BCUT2D eigenvalue weighted by atomic mass is 9.99. The normalized spacial score (nSPS) is 22.7. The smallest absolute Gasteiger partial charge is 0.325 e. The lowest BCUT2D eigenvalue weighted by molar-refractivity contribution is -0.131. The molecule has 2 aliphatic rings. The van der Waals surface area contributed by atoms with Crippen molar-refractivity contribution in [3.8, 4) is 17.1 Å². The van der Waals surface area contributed by atoms with Crippen LogP contribution in [0.4, 0.5) is 4.79 Å². The first-order valence-corrected chi connectivity index (χ1v) is 8.96. The molecule has 3 amide bonds. The Morgan fingerprint density at radius 1 is 1.40 bits per heavy atom. The lowest BCUT2D eigenvalue weighted by Gasteiger charge is -2.18. The summed E-state index contributed by atoms with van der Waals surface area (Å²) in [5.74, 6) is 2.41. The molecule has 1 atom stereocenters. The summed E-state index contributed by atoms with van der Waals surface area (Å²) in [7, 11) is 1.56. The number of nitrogens with one attached hydrogen (secondary N) is 1. The van der Waals surface area contributed by atoms with Crippen LogP contribution < -0.4 is 10.1 Å². The van der Waals surface area contributed by atoms with Crippen molar-refractivity contribution in [3.63, 3.8) is 0 Å². The molecule has 0 bridgehead atoms. The third-order valence-electron chi connectivity index (χ3n) is 4.38. The number of rotatable bonds is 4. The van der Waals surface area contributed by atoms with E-state index in [4.69, 9.17) is 9.26 Å². The Hall–Kier alpha value is -2.55. The maximum atomic E-state index is 12.6. The Labute approximate surface area is 147 Å². The number of carbonyl (C=O) groups is 2. The van der Waals surface area contributed by atoms with Gasteiger partial charge in [-0.1, -0.05) is 17.3 Å². The Morgan fingerprint density at radius 3 is 3.00 bits per heavy atom. The van der Waals surface area contributed by atoms with E-state index in [1.54, 1.807) is 24.9 Å². The zero-order chi connectivity index (χ0) is 17.4. The molecule has 8 nitrogen and oxygen atoms in total. The minimum atomic E-state index is -0.771. The Bertz CT molecular complexity index is 831. The van der Waals surface area contributed by atoms with Crippen molar-refractivity contribution in [2.75, 3.05) is 18.6 Å². The standard InChI is InChI=1S/C16H16N4O4S/c1-23-11-5-3-2-4-10(11)13-17-12(24-19-13)8-20-14(21)16(18-15(20)22)6-7-25-9-16/h2-5H,6-9H2,1H3,(H,18,22). The number of imide groups is 1. The minimum Gasteiger partial charge on any atom is -0.496 e. The fourth-order valence-electron chi connectivity index (χ4n) is 3.05. The van der Waals surface area contributed by atoms with Crippen molar-refractivity contribution in [3.05, 3.63) is 30.2 Å². The lowest BCUT2D eigenvalue weighted by Crippen LogP contribution is -2.46. The van der Waals surface area contributed by atoms with Crippen molar-refractivity contribution in [1.82, 2.24) is 20.4 Å². The number of benzene rings is 1. The van der Waals surface area contributed by atoms with E-state index in [2.05, 4.69) is 15.5 Å². The van der Waals surface area contributed by atoms with Crippen LogP contribution in [-0.2, 0) is 11.3 Å². The van der Waals surface area contributed by atoms with Gasteiger partial charge in [-0.2, -0.15) is 16.7 Å². The van der Waals surface area contributed by atoms with E-state index in [1.807, 2.05) is 18.2 Å². The molecule has 2 aliphatic heterocycles. The molecule has 9 heteroatoms. The maximum Gasteiger partial charge on any atom is 0.325 e. The van der Waals surface area contributed by atoms with E-state index < -0.39 is 11.6 Å². The summed E-state index contributed by atoms with van der Waals surface area (Å²) in [5, 5.41) is 6.75. The van der Waals surface area contributed by atoms with Crippen molar-refractivity contribution in [1.29, 1.82) is 0 Å². The fraction of sp³-hybridized carbons (Fsp3) is 0.375. The summed E-state index contributed by atoms with van der Waals surface area (Å²) >= 11 is 1.66. The molecule has 1 aromatic carbocycles. The van der Waals surface area contributed by atoms with Crippen LogP contribution >= 0.6 is 11.8 Å². The molecule has 2 saturated heterocycles. The molecule has 4 rings (SSSR count). The predicted molar refractivity (Wildman–Crippen MR) is 90.0 cm³/mol. The molecule has 1 unspecified atom stereocenters. The van der Waals surface area contributed by atoms with Gasteiger partial charge in [0.2, 0.25) is 11.7 Å². The van der Waals surface area contributed by atoms with Gasteiger partial charge in [0.25, 0.3) is 5.91 Å². The van der Waals surface area contributed by atoms with E-state index >= 15 is 0 Å². The highest BCUT2D eigenvalue weighted by atomic mass is 32.2. The van der Waals surface area contributed by atoms with Gasteiger partial charge in [-0.25, -0.2) is 4.79 Å². The number of para-hydroxylation sites is 1. The predicted octanol–water partition coefficient (Wildman–Crippen LogP) is 1.67. The zero-order valence-corrected chi connectivity index (χ0v) is 14.3. The largest absolute Gasteiger partial charge is 0.496 e. The SMILES string of the molecule is COc1ccccc1-c1noc(CN2C(=O)NC3(CCSC3)C2=O)n1. The van der Waals surface area contributed by atoms with Crippen LogP contribution in [0.15, 0.2) is 28.8 Å². The highest BCUT2D eigenvalue weighted by Crippen LogP contribution is 2.34. The van der Waals surface area contributed by atoms with E-state index in [9.17, 15) is 9.59 Å². The van der Waals surface area contributed by atoms with Crippen LogP contribution in [0.5, 0.6) is 5.75 Å². The first-order valence-electron chi connectivity index (χ1n) is 7.81. The summed E-state index contributed by atoms with van der Waals surface area (Å²) in [6.45, 7) is -0.0424. The molecule has 0 saturated carbocycles. The van der Waals surface area contributed by atoms with Gasteiger partial charge >= 0.3 is 6.03 Å². The molecule has 1 spiro atoms. The monoisotopic (exact) mass is 360 g/mol. The molecule has 2 fully saturated rings. The van der Waals surface area contributed by atoms with Crippen LogP contribution in [0.1, 0.15) is 12.3 Å². The molecule has 0 radical (unpaired) electrons. The van der Waals surface area contributed by atoms with Crippen molar-refractivity contribution >= 4 is 23.7 Å². The number of hydrogen-bond acceptors (Lipinski definition) is 7. The van der Waals surface area contributed by atoms with E-state index in [0.717, 1.165) is 10.7 Å². The van der Waals surface area contributed by atoms with Gasteiger partial charge in [0.05, 0.1) is 12.7 Å².